The van der Waals surface area contributed by atoms with E-state index < -0.39 is 0 Å². The molecular weight excluding hydrogens is 663 g/mol. The van der Waals surface area contributed by atoms with Gasteiger partial charge in [0.1, 0.15) is 34.3 Å². The van der Waals surface area contributed by atoms with E-state index in [0.29, 0.717) is 5.58 Å². The first-order valence-corrected chi connectivity index (χ1v) is 18.4. The van der Waals surface area contributed by atoms with E-state index in [0.717, 1.165) is 66.5 Å². The number of nitrogens with zero attached hydrogens (tertiary/aromatic N) is 3. The van der Waals surface area contributed by atoms with E-state index in [1.807, 2.05) is 12.1 Å². The summed E-state index contributed by atoms with van der Waals surface area (Å²) in [6.07, 6.45) is 1.65. The lowest BCUT2D eigenvalue weighted by atomic mass is 9.82. The topological polar surface area (TPSA) is 57.0 Å². The van der Waals surface area contributed by atoms with Gasteiger partial charge in [0.05, 0.1) is 11.0 Å². The Morgan fingerprint density at radius 1 is 0.481 bits per heavy atom. The second kappa shape index (κ2) is 10.6. The molecule has 5 nitrogen and oxygen atoms in total. The second-order valence-corrected chi connectivity index (χ2v) is 15.0. The lowest BCUT2D eigenvalue weighted by molar-refractivity contribution is 0.661. The molecule has 0 N–H and O–H groups in total. The Morgan fingerprint density at radius 2 is 1.22 bits per heavy atom. The summed E-state index contributed by atoms with van der Waals surface area (Å²) in [5.74, 6) is 0. The molecule has 0 bridgehead atoms. The number of benzene rings is 7. The van der Waals surface area contributed by atoms with Crippen molar-refractivity contribution in [2.75, 3.05) is 0 Å². The average molecular weight is 694 g/mol. The summed E-state index contributed by atoms with van der Waals surface area (Å²) < 4.78 is 15.4. The molecule has 0 atom stereocenters. The zero-order valence-corrected chi connectivity index (χ0v) is 29.6. The molecule has 12 rings (SSSR count). The minimum atomic E-state index is -0.102. The van der Waals surface area contributed by atoms with Gasteiger partial charge in [-0.05, 0) is 76.3 Å². The summed E-state index contributed by atoms with van der Waals surface area (Å²) in [6, 6.07) is 51.8. The summed E-state index contributed by atoms with van der Waals surface area (Å²) in [5, 5.41) is 5.65. The molecule has 0 radical (unpaired) electrons. The fourth-order valence-electron chi connectivity index (χ4n) is 9.16. The maximum absolute atomic E-state index is 6.61. The van der Waals surface area contributed by atoms with Crippen molar-refractivity contribution in [2.24, 2.45) is 0 Å². The van der Waals surface area contributed by atoms with Crippen molar-refractivity contribution in [3.8, 4) is 39.2 Å². The van der Waals surface area contributed by atoms with Gasteiger partial charge in [-0.25, -0.2) is 9.97 Å². The highest BCUT2D eigenvalue weighted by atomic mass is 16.3. The smallest absolute Gasteiger partial charge is 0.180 e. The molecule has 0 aliphatic heterocycles. The van der Waals surface area contributed by atoms with Crippen molar-refractivity contribution in [2.45, 2.75) is 19.3 Å². The van der Waals surface area contributed by atoms with Crippen LogP contribution in [-0.4, -0.2) is 14.5 Å². The van der Waals surface area contributed by atoms with Gasteiger partial charge in [-0.15, -0.1) is 0 Å². The SMILES string of the molecule is CC1(C)c2ccccc2-c2cc3c4ccccc4n(-c4ccc5oc6c(-c7cccc(-c8cccc9c8oc8ccccc89)c7)ncnc6c5c4)c3cc21. The van der Waals surface area contributed by atoms with Gasteiger partial charge in [0.15, 0.2) is 5.58 Å². The van der Waals surface area contributed by atoms with Crippen molar-refractivity contribution >= 4 is 65.8 Å². The molecule has 0 spiro atoms. The van der Waals surface area contributed by atoms with Gasteiger partial charge in [0, 0.05) is 49.2 Å². The van der Waals surface area contributed by atoms with Crippen molar-refractivity contribution in [1.82, 2.24) is 14.5 Å². The zero-order chi connectivity index (χ0) is 35.7. The summed E-state index contributed by atoms with van der Waals surface area (Å²) in [6.45, 7) is 4.68. The normalized spacial score (nSPS) is 13.5. The van der Waals surface area contributed by atoms with Gasteiger partial charge >= 0.3 is 0 Å². The highest BCUT2D eigenvalue weighted by Crippen LogP contribution is 2.51. The third-order valence-electron chi connectivity index (χ3n) is 11.7. The highest BCUT2D eigenvalue weighted by molar-refractivity contribution is 6.13. The molecule has 4 heterocycles. The fourth-order valence-corrected chi connectivity index (χ4v) is 9.16. The predicted molar refractivity (Wildman–Crippen MR) is 219 cm³/mol. The lowest BCUT2D eigenvalue weighted by Gasteiger charge is -2.21. The van der Waals surface area contributed by atoms with Crippen molar-refractivity contribution in [3.05, 3.63) is 163 Å². The summed E-state index contributed by atoms with van der Waals surface area (Å²) in [5.41, 5.74) is 16.5. The monoisotopic (exact) mass is 693 g/mol. The molecule has 0 saturated carbocycles. The molecule has 0 fully saturated rings. The van der Waals surface area contributed by atoms with Crippen LogP contribution in [0.5, 0.6) is 0 Å². The molecule has 4 aromatic heterocycles. The van der Waals surface area contributed by atoms with Gasteiger partial charge in [-0.1, -0.05) is 111 Å². The average Bonchev–Trinajstić information content (AvgIpc) is 3.94. The largest absolute Gasteiger partial charge is 0.455 e. The Balaban J connectivity index is 1.03. The van der Waals surface area contributed by atoms with Crippen LogP contribution in [0.3, 0.4) is 0 Å². The third-order valence-corrected chi connectivity index (χ3v) is 11.7. The number of aromatic nitrogens is 3. The van der Waals surface area contributed by atoms with E-state index in [-0.39, 0.29) is 5.41 Å². The van der Waals surface area contributed by atoms with Gasteiger partial charge in [0.2, 0.25) is 0 Å². The number of furan rings is 2. The zero-order valence-electron chi connectivity index (χ0n) is 29.6. The van der Waals surface area contributed by atoms with Crippen LogP contribution in [0.1, 0.15) is 25.0 Å². The van der Waals surface area contributed by atoms with Crippen LogP contribution in [0, 0.1) is 0 Å². The van der Waals surface area contributed by atoms with E-state index in [4.69, 9.17) is 18.8 Å². The van der Waals surface area contributed by atoms with Crippen molar-refractivity contribution in [3.63, 3.8) is 0 Å². The highest BCUT2D eigenvalue weighted by Gasteiger charge is 2.36. The molecule has 54 heavy (non-hydrogen) atoms. The number of hydrogen-bond donors (Lipinski definition) is 0. The summed E-state index contributed by atoms with van der Waals surface area (Å²) in [7, 11) is 0. The minimum Gasteiger partial charge on any atom is -0.455 e. The molecule has 7 aromatic carbocycles. The van der Waals surface area contributed by atoms with E-state index in [1.165, 1.54) is 44.1 Å². The van der Waals surface area contributed by atoms with E-state index in [1.54, 1.807) is 6.33 Å². The molecule has 0 amide bonds. The van der Waals surface area contributed by atoms with Gasteiger partial charge in [-0.2, -0.15) is 0 Å². The number of fused-ring (bicyclic) bond motifs is 12. The van der Waals surface area contributed by atoms with Crippen LogP contribution in [-0.2, 0) is 5.41 Å². The summed E-state index contributed by atoms with van der Waals surface area (Å²) in [4.78, 5) is 9.60. The van der Waals surface area contributed by atoms with Gasteiger partial charge in [0.25, 0.3) is 0 Å². The molecule has 11 aromatic rings. The minimum absolute atomic E-state index is 0.102. The van der Waals surface area contributed by atoms with Crippen LogP contribution < -0.4 is 0 Å². The van der Waals surface area contributed by atoms with Crippen LogP contribution in [0.4, 0.5) is 0 Å². The first-order valence-electron chi connectivity index (χ1n) is 18.4. The maximum Gasteiger partial charge on any atom is 0.180 e. The van der Waals surface area contributed by atoms with Crippen molar-refractivity contribution in [1.29, 1.82) is 0 Å². The number of para-hydroxylation sites is 3. The predicted octanol–water partition coefficient (Wildman–Crippen LogP) is 13.0. The third kappa shape index (κ3) is 3.93. The number of hydrogen-bond acceptors (Lipinski definition) is 4. The molecule has 1 aliphatic carbocycles. The Kier molecular flexibility index (Phi) is 5.78. The molecule has 1 aliphatic rings. The quantitative estimate of drug-likeness (QED) is 0.185. The van der Waals surface area contributed by atoms with Gasteiger partial charge < -0.3 is 13.4 Å². The van der Waals surface area contributed by atoms with Crippen LogP contribution in [0.15, 0.2) is 161 Å². The van der Waals surface area contributed by atoms with Crippen molar-refractivity contribution < 1.29 is 8.83 Å². The Bertz CT molecular complexity index is 3380. The summed E-state index contributed by atoms with van der Waals surface area (Å²) >= 11 is 0. The Hall–Kier alpha value is -6.98. The van der Waals surface area contributed by atoms with E-state index >= 15 is 0 Å². The number of rotatable bonds is 3. The maximum atomic E-state index is 6.61. The molecular formula is C49H31N3O2. The molecule has 254 valence electrons. The first-order chi connectivity index (χ1) is 26.5. The lowest BCUT2D eigenvalue weighted by Crippen LogP contribution is -2.14. The first kappa shape index (κ1) is 29.6. The molecule has 0 saturated heterocycles. The fraction of sp³-hybridized carbons (Fsp3) is 0.0612. The Morgan fingerprint density at radius 3 is 2.17 bits per heavy atom. The second-order valence-electron chi connectivity index (χ2n) is 15.0. The van der Waals surface area contributed by atoms with Crippen LogP contribution in [0.2, 0.25) is 0 Å². The Labute approximate surface area is 309 Å². The molecule has 0 unspecified atom stereocenters. The van der Waals surface area contributed by atoms with Crippen LogP contribution >= 0.6 is 0 Å². The van der Waals surface area contributed by atoms with E-state index in [9.17, 15) is 0 Å². The molecule has 5 heteroatoms. The van der Waals surface area contributed by atoms with Crippen LogP contribution in [0.25, 0.3) is 105 Å². The van der Waals surface area contributed by atoms with Gasteiger partial charge in [-0.3, -0.25) is 0 Å². The van der Waals surface area contributed by atoms with E-state index in [2.05, 4.69) is 152 Å². The standard InChI is InChI=1S/C49H31N3O2/c1-49(2)39-18-6-3-13-32(39)36-25-37-33-14-4-7-19-41(33)52(42(37)26-40(36)49)30-21-22-44-38(24-30)46-48(54-44)45(50-27-51-46)29-12-9-11-28(23-29)31-16-10-17-35-34-15-5-8-20-43(34)53-47(31)35/h3-27H,1-2H3.